The van der Waals surface area contributed by atoms with E-state index in [1.807, 2.05) is 55.6 Å². The van der Waals surface area contributed by atoms with Gasteiger partial charge in [0.2, 0.25) is 0 Å². The molecular weight excluding hydrogens is 424 g/mol. The smallest absolute Gasteiger partial charge is 0.326 e. The lowest BCUT2D eigenvalue weighted by atomic mass is 10.1. The van der Waals surface area contributed by atoms with E-state index in [0.29, 0.717) is 17.9 Å². The predicted molar refractivity (Wildman–Crippen MR) is 126 cm³/mol. The van der Waals surface area contributed by atoms with Crippen molar-refractivity contribution in [1.29, 1.82) is 0 Å². The summed E-state index contributed by atoms with van der Waals surface area (Å²) in [5.74, 6) is -1.05. The Bertz CT molecular complexity index is 1200. The first-order valence-electron chi connectivity index (χ1n) is 10.5. The van der Waals surface area contributed by atoms with Gasteiger partial charge in [0.25, 0.3) is 11.1 Å². The van der Waals surface area contributed by atoms with Crippen LogP contribution in [0.1, 0.15) is 31.4 Å². The molecule has 0 radical (unpaired) electrons. The topological polar surface area (TPSA) is 68.6 Å². The average Bonchev–Trinajstić information content (AvgIpc) is 3.26. The van der Waals surface area contributed by atoms with E-state index in [2.05, 4.69) is 16.7 Å². The van der Waals surface area contributed by atoms with Crippen LogP contribution in [-0.2, 0) is 20.9 Å². The van der Waals surface area contributed by atoms with Gasteiger partial charge in [0.1, 0.15) is 6.54 Å². The molecular formula is C25H24N2O4S. The van der Waals surface area contributed by atoms with E-state index in [1.54, 1.807) is 13.0 Å². The Hall–Kier alpha value is -3.32. The van der Waals surface area contributed by atoms with Crippen molar-refractivity contribution in [2.24, 2.45) is 0 Å². The van der Waals surface area contributed by atoms with Crippen molar-refractivity contribution in [3.8, 4) is 0 Å². The molecule has 3 aromatic rings. The van der Waals surface area contributed by atoms with Crippen LogP contribution < -0.4 is 0 Å². The van der Waals surface area contributed by atoms with Gasteiger partial charge in [-0.25, -0.2) is 0 Å². The molecule has 0 bridgehead atoms. The normalized spacial score (nSPS) is 16.2. The first-order chi connectivity index (χ1) is 15.5. The summed E-state index contributed by atoms with van der Waals surface area (Å²) in [6, 6.07) is 18.1. The molecule has 2 amide bonds. The Labute approximate surface area is 190 Å². The standard InChI is InChI=1S/C25H24N2O4S/c1-3-17(2)31-23(28)16-27-24(29)22(32-25(27)30)13-19-15-26(14-18-9-5-4-6-10-18)21-12-8-7-11-20(19)21/h4-13,15,17H,3,14,16H2,1-2H3/b22-13-/t17-/m1/s1. The highest BCUT2D eigenvalue weighted by Crippen LogP contribution is 2.34. The minimum Gasteiger partial charge on any atom is -0.461 e. The predicted octanol–water partition coefficient (Wildman–Crippen LogP) is 5.07. The van der Waals surface area contributed by atoms with E-state index < -0.39 is 17.1 Å². The van der Waals surface area contributed by atoms with Crippen LogP contribution in [0.2, 0.25) is 0 Å². The third kappa shape index (κ3) is 4.62. The number of esters is 1. The molecule has 1 aliphatic rings. The van der Waals surface area contributed by atoms with Crippen molar-refractivity contribution in [3.05, 3.63) is 76.8 Å². The summed E-state index contributed by atoms with van der Waals surface area (Å²) in [6.07, 6.45) is 4.13. The number of imide groups is 1. The number of carbonyl (C=O) groups excluding carboxylic acids is 3. The largest absolute Gasteiger partial charge is 0.461 e. The number of rotatable bonds is 7. The minimum absolute atomic E-state index is 0.256. The molecule has 164 valence electrons. The zero-order valence-corrected chi connectivity index (χ0v) is 18.8. The second-order valence-electron chi connectivity index (χ2n) is 7.69. The number of para-hydroxylation sites is 1. The Kier molecular flexibility index (Phi) is 6.46. The lowest BCUT2D eigenvalue weighted by Crippen LogP contribution is -2.35. The monoisotopic (exact) mass is 448 g/mol. The fraction of sp³-hybridized carbons (Fsp3) is 0.240. The van der Waals surface area contributed by atoms with Gasteiger partial charge in [-0.15, -0.1) is 0 Å². The van der Waals surface area contributed by atoms with Gasteiger partial charge in [-0.3, -0.25) is 19.3 Å². The Morgan fingerprint density at radius 1 is 1.09 bits per heavy atom. The number of hydrogen-bond donors (Lipinski definition) is 0. The summed E-state index contributed by atoms with van der Waals surface area (Å²) in [4.78, 5) is 38.6. The molecule has 1 fully saturated rings. The van der Waals surface area contributed by atoms with Crippen molar-refractivity contribution >= 4 is 45.9 Å². The fourth-order valence-corrected chi connectivity index (χ4v) is 4.38. The molecule has 7 heteroatoms. The number of benzene rings is 2. The van der Waals surface area contributed by atoms with Crippen LogP contribution in [0.4, 0.5) is 4.79 Å². The number of thioether (sulfide) groups is 1. The minimum atomic E-state index is -0.581. The Morgan fingerprint density at radius 2 is 1.81 bits per heavy atom. The van der Waals surface area contributed by atoms with E-state index >= 15 is 0 Å². The van der Waals surface area contributed by atoms with Crippen molar-refractivity contribution in [1.82, 2.24) is 9.47 Å². The summed E-state index contributed by atoms with van der Waals surface area (Å²) in [7, 11) is 0. The molecule has 4 rings (SSSR count). The number of amides is 2. The third-order valence-electron chi connectivity index (χ3n) is 5.37. The molecule has 1 atom stereocenters. The van der Waals surface area contributed by atoms with Crippen molar-refractivity contribution < 1.29 is 19.1 Å². The van der Waals surface area contributed by atoms with E-state index in [-0.39, 0.29) is 12.6 Å². The van der Waals surface area contributed by atoms with Crippen molar-refractivity contribution in [2.75, 3.05) is 6.54 Å². The van der Waals surface area contributed by atoms with Crippen LogP contribution in [0.3, 0.4) is 0 Å². The van der Waals surface area contributed by atoms with Gasteiger partial charge in [-0.1, -0.05) is 55.5 Å². The molecule has 2 aromatic carbocycles. The van der Waals surface area contributed by atoms with Gasteiger partial charge in [0.15, 0.2) is 0 Å². The molecule has 1 aliphatic heterocycles. The van der Waals surface area contributed by atoms with E-state index in [9.17, 15) is 14.4 Å². The van der Waals surface area contributed by atoms with Crippen LogP contribution in [0.5, 0.6) is 0 Å². The SMILES string of the molecule is CC[C@@H](C)OC(=O)CN1C(=O)S/C(=C\c2cn(Cc3ccccc3)c3ccccc23)C1=O. The number of carbonyl (C=O) groups is 3. The number of ether oxygens (including phenoxy) is 1. The summed E-state index contributed by atoms with van der Waals surface area (Å²) in [6.45, 7) is 3.99. The van der Waals surface area contributed by atoms with Crippen LogP contribution in [-0.4, -0.2) is 39.2 Å². The molecule has 0 spiro atoms. The summed E-state index contributed by atoms with van der Waals surface area (Å²) >= 11 is 0.847. The highest BCUT2D eigenvalue weighted by molar-refractivity contribution is 8.18. The number of aromatic nitrogens is 1. The summed E-state index contributed by atoms with van der Waals surface area (Å²) in [5.41, 5.74) is 3.06. The molecule has 6 nitrogen and oxygen atoms in total. The molecule has 2 heterocycles. The molecule has 0 saturated carbocycles. The van der Waals surface area contributed by atoms with E-state index in [0.717, 1.165) is 33.1 Å². The quantitative estimate of drug-likeness (QED) is 0.373. The lowest BCUT2D eigenvalue weighted by molar-refractivity contribution is -0.150. The highest BCUT2D eigenvalue weighted by atomic mass is 32.2. The lowest BCUT2D eigenvalue weighted by Gasteiger charge is -2.14. The van der Waals surface area contributed by atoms with Gasteiger partial charge < -0.3 is 9.30 Å². The molecule has 1 aromatic heterocycles. The molecule has 0 N–H and O–H groups in total. The first kappa shape index (κ1) is 21.9. The van der Waals surface area contributed by atoms with Crippen LogP contribution in [0, 0.1) is 0 Å². The van der Waals surface area contributed by atoms with Crippen molar-refractivity contribution in [3.63, 3.8) is 0 Å². The average molecular weight is 449 g/mol. The van der Waals surface area contributed by atoms with E-state index in [1.165, 1.54) is 5.56 Å². The van der Waals surface area contributed by atoms with E-state index in [4.69, 9.17) is 4.74 Å². The van der Waals surface area contributed by atoms with Gasteiger partial charge in [-0.2, -0.15) is 0 Å². The summed E-state index contributed by atoms with van der Waals surface area (Å²) < 4.78 is 7.34. The molecule has 0 unspecified atom stereocenters. The third-order valence-corrected chi connectivity index (χ3v) is 6.28. The highest BCUT2D eigenvalue weighted by Gasteiger charge is 2.37. The zero-order chi connectivity index (χ0) is 22.7. The number of nitrogens with zero attached hydrogens (tertiary/aromatic N) is 2. The molecule has 32 heavy (non-hydrogen) atoms. The van der Waals surface area contributed by atoms with Crippen LogP contribution in [0.15, 0.2) is 65.7 Å². The van der Waals surface area contributed by atoms with Gasteiger partial charge >= 0.3 is 5.97 Å². The maximum Gasteiger partial charge on any atom is 0.326 e. The first-order valence-corrected chi connectivity index (χ1v) is 11.3. The Balaban J connectivity index is 1.60. The Morgan fingerprint density at radius 3 is 2.56 bits per heavy atom. The maximum atomic E-state index is 12.8. The number of fused-ring (bicyclic) bond motifs is 1. The van der Waals surface area contributed by atoms with Gasteiger partial charge in [-0.05, 0) is 42.8 Å². The van der Waals surface area contributed by atoms with Gasteiger partial charge in [0, 0.05) is 29.2 Å². The number of hydrogen-bond acceptors (Lipinski definition) is 5. The van der Waals surface area contributed by atoms with Gasteiger partial charge in [0.05, 0.1) is 11.0 Å². The maximum absolute atomic E-state index is 12.8. The zero-order valence-electron chi connectivity index (χ0n) is 18.0. The second kappa shape index (κ2) is 9.44. The van der Waals surface area contributed by atoms with Crippen LogP contribution >= 0.6 is 11.8 Å². The second-order valence-corrected chi connectivity index (χ2v) is 8.68. The molecule has 1 saturated heterocycles. The van der Waals surface area contributed by atoms with Crippen molar-refractivity contribution in [2.45, 2.75) is 32.9 Å². The summed E-state index contributed by atoms with van der Waals surface area (Å²) in [5, 5.41) is 0.529. The molecule has 0 aliphatic carbocycles. The fourth-order valence-electron chi connectivity index (χ4n) is 3.55. The van der Waals surface area contributed by atoms with Crippen LogP contribution in [0.25, 0.3) is 17.0 Å².